The molecule has 0 amide bonds. The van der Waals surface area contributed by atoms with Crippen LogP contribution in [0.5, 0.6) is 0 Å². The molecule has 15 heavy (non-hydrogen) atoms. The van der Waals surface area contributed by atoms with Gasteiger partial charge in [-0.3, -0.25) is 0 Å². The van der Waals surface area contributed by atoms with Crippen molar-refractivity contribution in [3.05, 3.63) is 24.4 Å². The van der Waals surface area contributed by atoms with E-state index in [1.807, 2.05) is 0 Å². The third-order valence-corrected chi connectivity index (χ3v) is 2.64. The fraction of sp³-hybridized carbons (Fsp3) is 0.429. The lowest BCUT2D eigenvalue weighted by molar-refractivity contribution is -0.0598. The Bertz CT molecular complexity index is 385. The van der Waals surface area contributed by atoms with Gasteiger partial charge in [-0.25, -0.2) is 4.18 Å². The van der Waals surface area contributed by atoms with Crippen molar-refractivity contribution in [1.82, 2.24) is 4.90 Å². The summed E-state index contributed by atoms with van der Waals surface area (Å²) >= 11 is 0. The van der Waals surface area contributed by atoms with Crippen LogP contribution in [0.2, 0.25) is 0 Å². The normalized spacial score (nSPS) is 22.1. The minimum absolute atomic E-state index is 1.20. The van der Waals surface area contributed by atoms with Crippen LogP contribution in [-0.4, -0.2) is 32.1 Å². The molecular weight excluding hydrogens is 235 g/mol. The van der Waals surface area contributed by atoms with Crippen LogP contribution in [-0.2, 0) is 14.3 Å². The molecule has 1 heterocycles. The molecule has 1 aliphatic heterocycles. The van der Waals surface area contributed by atoms with E-state index in [-0.39, 0.29) is 0 Å². The maximum atomic E-state index is 11.9. The molecule has 1 unspecified atom stereocenters. The standard InChI is InChI=1S/C7H8F3NO3S/c1-11-5-3-2-4-6(11)14-15(12,13)7(8,9)10/h2-6H,1H3. The number of alkyl halides is 3. The van der Waals surface area contributed by atoms with E-state index >= 15 is 0 Å². The Hall–Kier alpha value is -1.02. The van der Waals surface area contributed by atoms with Gasteiger partial charge in [-0.2, -0.15) is 21.6 Å². The van der Waals surface area contributed by atoms with Crippen molar-refractivity contribution in [3.8, 4) is 0 Å². The first-order valence-electron chi connectivity index (χ1n) is 3.80. The first-order chi connectivity index (χ1) is 6.74. The van der Waals surface area contributed by atoms with Gasteiger partial charge in [0, 0.05) is 13.2 Å². The molecule has 8 heteroatoms. The molecule has 0 aliphatic carbocycles. The van der Waals surface area contributed by atoms with E-state index < -0.39 is 21.9 Å². The fourth-order valence-electron chi connectivity index (χ4n) is 0.850. The monoisotopic (exact) mass is 243 g/mol. The highest BCUT2D eigenvalue weighted by atomic mass is 32.2. The average Bonchev–Trinajstić information content (AvgIpc) is 2.06. The second-order valence-electron chi connectivity index (χ2n) is 2.78. The van der Waals surface area contributed by atoms with Crippen molar-refractivity contribution < 1.29 is 25.8 Å². The number of nitrogens with zero attached hydrogens (tertiary/aromatic N) is 1. The van der Waals surface area contributed by atoms with Crippen molar-refractivity contribution in [2.24, 2.45) is 0 Å². The van der Waals surface area contributed by atoms with E-state index in [0.717, 1.165) is 0 Å². The summed E-state index contributed by atoms with van der Waals surface area (Å²) in [5, 5.41) is 0. The Kier molecular flexibility index (Phi) is 3.10. The highest BCUT2D eigenvalue weighted by Gasteiger charge is 2.48. The zero-order valence-corrected chi connectivity index (χ0v) is 8.42. The molecule has 0 aromatic heterocycles. The quantitative estimate of drug-likeness (QED) is 0.540. The molecule has 0 saturated carbocycles. The van der Waals surface area contributed by atoms with E-state index in [2.05, 4.69) is 4.18 Å². The third-order valence-electron chi connectivity index (χ3n) is 1.62. The fourth-order valence-corrected chi connectivity index (χ4v) is 1.42. The van der Waals surface area contributed by atoms with Crippen molar-refractivity contribution in [3.63, 3.8) is 0 Å². The van der Waals surface area contributed by atoms with Crippen LogP contribution in [0.15, 0.2) is 24.4 Å². The topological polar surface area (TPSA) is 46.6 Å². The maximum Gasteiger partial charge on any atom is 0.523 e. The predicted molar refractivity (Wildman–Crippen MR) is 45.9 cm³/mol. The lowest BCUT2D eigenvalue weighted by atomic mass is 10.3. The molecule has 0 spiro atoms. The zero-order valence-electron chi connectivity index (χ0n) is 7.60. The minimum atomic E-state index is -5.56. The SMILES string of the molecule is CN1C=CC=CC1OS(=O)(=O)C(F)(F)F. The van der Waals surface area contributed by atoms with Crippen LogP contribution in [0.1, 0.15) is 0 Å². The smallest absolute Gasteiger partial charge is 0.351 e. The van der Waals surface area contributed by atoms with E-state index in [1.165, 1.54) is 30.3 Å². The zero-order chi connectivity index (χ0) is 11.7. The van der Waals surface area contributed by atoms with Gasteiger partial charge in [0.2, 0.25) is 0 Å². The molecule has 0 N–H and O–H groups in total. The van der Waals surface area contributed by atoms with Crippen LogP contribution in [0.4, 0.5) is 13.2 Å². The van der Waals surface area contributed by atoms with Gasteiger partial charge >= 0.3 is 15.6 Å². The Morgan fingerprint density at radius 3 is 2.40 bits per heavy atom. The second kappa shape index (κ2) is 3.86. The Balaban J connectivity index is 2.79. The number of allylic oxidation sites excluding steroid dienone is 2. The summed E-state index contributed by atoms with van der Waals surface area (Å²) in [7, 11) is -4.16. The van der Waals surface area contributed by atoms with Crippen LogP contribution in [0.3, 0.4) is 0 Å². The van der Waals surface area contributed by atoms with Gasteiger partial charge in [0.05, 0.1) is 0 Å². The van der Waals surface area contributed by atoms with Crippen LogP contribution in [0, 0.1) is 0 Å². The summed E-state index contributed by atoms with van der Waals surface area (Å²) in [4.78, 5) is 1.20. The summed E-state index contributed by atoms with van der Waals surface area (Å²) in [6, 6.07) is 0. The van der Waals surface area contributed by atoms with Crippen molar-refractivity contribution in [1.29, 1.82) is 0 Å². The van der Waals surface area contributed by atoms with Gasteiger partial charge in [0.1, 0.15) is 0 Å². The van der Waals surface area contributed by atoms with Gasteiger partial charge < -0.3 is 4.90 Å². The average molecular weight is 243 g/mol. The summed E-state index contributed by atoms with van der Waals surface area (Å²) in [5.74, 6) is 0. The summed E-state index contributed by atoms with van der Waals surface area (Å²) in [6.07, 6.45) is 4.28. The Morgan fingerprint density at radius 1 is 1.33 bits per heavy atom. The number of likely N-dealkylation sites (N-methyl/N-ethyl adjacent to an activating group) is 1. The lowest BCUT2D eigenvalue weighted by Gasteiger charge is -2.25. The summed E-state index contributed by atoms with van der Waals surface area (Å²) in [6.45, 7) is 0. The molecule has 86 valence electrons. The van der Waals surface area contributed by atoms with Crippen LogP contribution < -0.4 is 0 Å². The predicted octanol–water partition coefficient (Wildman–Crippen LogP) is 1.19. The molecule has 0 radical (unpaired) electrons. The summed E-state index contributed by atoms with van der Waals surface area (Å²) < 4.78 is 61.1. The van der Waals surface area contributed by atoms with Gasteiger partial charge in [-0.15, -0.1) is 0 Å². The van der Waals surface area contributed by atoms with E-state index in [9.17, 15) is 21.6 Å². The first-order valence-corrected chi connectivity index (χ1v) is 5.21. The van der Waals surface area contributed by atoms with Gasteiger partial charge in [-0.05, 0) is 12.2 Å². The molecule has 0 aromatic rings. The Morgan fingerprint density at radius 2 is 1.93 bits per heavy atom. The third kappa shape index (κ3) is 2.72. The number of rotatable bonds is 2. The van der Waals surface area contributed by atoms with E-state index in [4.69, 9.17) is 0 Å². The van der Waals surface area contributed by atoms with Crippen LogP contribution in [0.25, 0.3) is 0 Å². The number of hydrogen-bond acceptors (Lipinski definition) is 4. The molecule has 0 fully saturated rings. The molecule has 0 bridgehead atoms. The van der Waals surface area contributed by atoms with E-state index in [0.29, 0.717) is 0 Å². The molecule has 0 aromatic carbocycles. The molecular formula is C7H8F3NO3S. The van der Waals surface area contributed by atoms with E-state index in [1.54, 1.807) is 6.08 Å². The van der Waals surface area contributed by atoms with Crippen molar-refractivity contribution >= 4 is 10.1 Å². The van der Waals surface area contributed by atoms with Gasteiger partial charge in [0.15, 0.2) is 6.23 Å². The minimum Gasteiger partial charge on any atom is -0.351 e. The number of hydrogen-bond donors (Lipinski definition) is 0. The highest BCUT2D eigenvalue weighted by molar-refractivity contribution is 7.87. The highest BCUT2D eigenvalue weighted by Crippen LogP contribution is 2.26. The van der Waals surface area contributed by atoms with Gasteiger partial charge in [0.25, 0.3) is 0 Å². The largest absolute Gasteiger partial charge is 0.523 e. The lowest BCUT2D eigenvalue weighted by Crippen LogP contribution is -2.36. The first kappa shape index (κ1) is 12.1. The van der Waals surface area contributed by atoms with Crippen molar-refractivity contribution in [2.45, 2.75) is 11.7 Å². The molecule has 1 rings (SSSR count). The summed E-state index contributed by atoms with van der Waals surface area (Å²) in [5.41, 5.74) is -5.40. The second-order valence-corrected chi connectivity index (χ2v) is 4.34. The maximum absolute atomic E-state index is 11.9. The Labute approximate surface area is 84.7 Å². The molecule has 4 nitrogen and oxygen atoms in total. The van der Waals surface area contributed by atoms with Crippen LogP contribution >= 0.6 is 0 Å². The molecule has 1 atom stereocenters. The number of halogens is 3. The van der Waals surface area contributed by atoms with Gasteiger partial charge in [-0.1, -0.05) is 6.08 Å². The van der Waals surface area contributed by atoms with Crippen molar-refractivity contribution in [2.75, 3.05) is 7.05 Å². The molecule has 1 aliphatic rings. The molecule has 0 saturated heterocycles.